The van der Waals surface area contributed by atoms with Crippen LogP contribution < -0.4 is 0 Å². The predicted octanol–water partition coefficient (Wildman–Crippen LogP) is 4.11. The molecular weight excluding hydrogens is 236 g/mol. The van der Waals surface area contributed by atoms with Crippen LogP contribution in [-0.2, 0) is 15.9 Å². The Bertz CT molecular complexity index is 397. The van der Waals surface area contributed by atoms with Crippen molar-refractivity contribution in [1.29, 1.82) is 0 Å². The van der Waals surface area contributed by atoms with Gasteiger partial charge in [-0.3, -0.25) is 0 Å². The van der Waals surface area contributed by atoms with E-state index in [1.54, 1.807) is 0 Å². The van der Waals surface area contributed by atoms with E-state index in [0.29, 0.717) is 0 Å². The average molecular weight is 260 g/mol. The molecule has 1 saturated heterocycles. The number of ether oxygens (including phenoxy) is 2. The van der Waals surface area contributed by atoms with Crippen LogP contribution in [0.25, 0.3) is 0 Å². The number of hydrogen-bond donors (Lipinski definition) is 0. The summed E-state index contributed by atoms with van der Waals surface area (Å²) in [5, 5.41) is 0. The largest absolute Gasteiger partial charge is 0.347 e. The summed E-state index contributed by atoms with van der Waals surface area (Å²) in [6, 6.07) is 10.6. The van der Waals surface area contributed by atoms with Gasteiger partial charge in [0.15, 0.2) is 5.79 Å². The van der Waals surface area contributed by atoms with Gasteiger partial charge >= 0.3 is 0 Å². The smallest absolute Gasteiger partial charge is 0.163 e. The van der Waals surface area contributed by atoms with E-state index in [1.807, 2.05) is 19.9 Å². The number of hydrogen-bond acceptors (Lipinski definition) is 2. The van der Waals surface area contributed by atoms with Gasteiger partial charge in [-0.15, -0.1) is 6.58 Å². The Balaban J connectivity index is 1.90. The van der Waals surface area contributed by atoms with E-state index in [-0.39, 0.29) is 12.2 Å². The highest BCUT2D eigenvalue weighted by Gasteiger charge is 2.34. The molecule has 0 radical (unpaired) electrons. The molecule has 0 aliphatic carbocycles. The van der Waals surface area contributed by atoms with Crippen molar-refractivity contribution in [2.75, 3.05) is 0 Å². The molecule has 1 fully saturated rings. The van der Waals surface area contributed by atoms with Crippen LogP contribution in [0.2, 0.25) is 0 Å². The molecule has 2 heteroatoms. The minimum Gasteiger partial charge on any atom is -0.347 e. The van der Waals surface area contributed by atoms with E-state index in [0.717, 1.165) is 25.7 Å². The minimum absolute atomic E-state index is 0.238. The molecular formula is C17H24O2. The molecule has 19 heavy (non-hydrogen) atoms. The zero-order valence-corrected chi connectivity index (χ0v) is 12.0. The third-order valence-electron chi connectivity index (χ3n) is 3.45. The third kappa shape index (κ3) is 4.48. The SMILES string of the molecule is C=CC[C@H]1C[C@@H](CCc2ccccc2)OC(C)(C)O1. The highest BCUT2D eigenvalue weighted by molar-refractivity contribution is 5.14. The Morgan fingerprint density at radius 2 is 1.89 bits per heavy atom. The van der Waals surface area contributed by atoms with Crippen molar-refractivity contribution < 1.29 is 9.47 Å². The predicted molar refractivity (Wildman–Crippen MR) is 78.0 cm³/mol. The van der Waals surface area contributed by atoms with Gasteiger partial charge in [0.2, 0.25) is 0 Å². The summed E-state index contributed by atoms with van der Waals surface area (Å²) in [6.45, 7) is 7.80. The first-order valence-corrected chi connectivity index (χ1v) is 7.09. The quantitative estimate of drug-likeness (QED) is 0.742. The van der Waals surface area contributed by atoms with Crippen molar-refractivity contribution in [3.8, 4) is 0 Å². The lowest BCUT2D eigenvalue weighted by Crippen LogP contribution is -2.44. The van der Waals surface area contributed by atoms with Crippen LogP contribution in [0, 0.1) is 0 Å². The topological polar surface area (TPSA) is 18.5 Å². The summed E-state index contributed by atoms with van der Waals surface area (Å²) < 4.78 is 11.9. The highest BCUT2D eigenvalue weighted by atomic mass is 16.7. The summed E-state index contributed by atoms with van der Waals surface area (Å²) in [5.41, 5.74) is 1.37. The van der Waals surface area contributed by atoms with Crippen molar-refractivity contribution in [3.63, 3.8) is 0 Å². The lowest BCUT2D eigenvalue weighted by atomic mass is 9.99. The Morgan fingerprint density at radius 3 is 2.58 bits per heavy atom. The average Bonchev–Trinajstić information content (AvgIpc) is 2.36. The molecule has 0 saturated carbocycles. The Morgan fingerprint density at radius 1 is 1.21 bits per heavy atom. The second-order valence-corrected chi connectivity index (χ2v) is 5.66. The molecule has 2 rings (SSSR count). The fourth-order valence-electron chi connectivity index (χ4n) is 2.70. The van der Waals surface area contributed by atoms with Gasteiger partial charge in [0, 0.05) is 6.42 Å². The summed E-state index contributed by atoms with van der Waals surface area (Å²) in [5.74, 6) is -0.479. The summed E-state index contributed by atoms with van der Waals surface area (Å²) in [6.07, 6.45) is 6.40. The molecule has 2 atom stereocenters. The van der Waals surface area contributed by atoms with Gasteiger partial charge in [-0.2, -0.15) is 0 Å². The molecule has 1 aromatic carbocycles. The molecule has 0 spiro atoms. The highest BCUT2D eigenvalue weighted by Crippen LogP contribution is 2.30. The maximum atomic E-state index is 6.02. The molecule has 0 amide bonds. The van der Waals surface area contributed by atoms with Crippen LogP contribution in [0.1, 0.15) is 38.7 Å². The molecule has 0 N–H and O–H groups in total. The Hall–Kier alpha value is -1.12. The van der Waals surface area contributed by atoms with E-state index >= 15 is 0 Å². The van der Waals surface area contributed by atoms with Gasteiger partial charge in [0.1, 0.15) is 0 Å². The molecule has 2 nitrogen and oxygen atoms in total. The first kappa shape index (κ1) is 14.3. The van der Waals surface area contributed by atoms with Crippen molar-refractivity contribution in [2.24, 2.45) is 0 Å². The first-order chi connectivity index (χ1) is 9.09. The van der Waals surface area contributed by atoms with Crippen LogP contribution >= 0.6 is 0 Å². The summed E-state index contributed by atoms with van der Waals surface area (Å²) in [4.78, 5) is 0. The normalized spacial score (nSPS) is 26.0. The number of rotatable bonds is 5. The van der Waals surface area contributed by atoms with Gasteiger partial charge in [0.25, 0.3) is 0 Å². The van der Waals surface area contributed by atoms with E-state index in [9.17, 15) is 0 Å². The van der Waals surface area contributed by atoms with Crippen LogP contribution in [0.5, 0.6) is 0 Å². The van der Waals surface area contributed by atoms with Crippen molar-refractivity contribution in [2.45, 2.75) is 57.5 Å². The molecule has 1 aromatic rings. The first-order valence-electron chi connectivity index (χ1n) is 7.09. The molecule has 1 aliphatic rings. The van der Waals surface area contributed by atoms with Gasteiger partial charge < -0.3 is 9.47 Å². The van der Waals surface area contributed by atoms with E-state index < -0.39 is 5.79 Å². The lowest BCUT2D eigenvalue weighted by Gasteiger charge is -2.40. The fraction of sp³-hybridized carbons (Fsp3) is 0.529. The summed E-state index contributed by atoms with van der Waals surface area (Å²) >= 11 is 0. The monoisotopic (exact) mass is 260 g/mol. The van der Waals surface area contributed by atoms with Crippen LogP contribution in [-0.4, -0.2) is 18.0 Å². The van der Waals surface area contributed by atoms with Crippen molar-refractivity contribution >= 4 is 0 Å². The van der Waals surface area contributed by atoms with Crippen molar-refractivity contribution in [3.05, 3.63) is 48.6 Å². The molecule has 1 aliphatic heterocycles. The van der Waals surface area contributed by atoms with E-state index in [2.05, 4.69) is 36.9 Å². The molecule has 0 aromatic heterocycles. The van der Waals surface area contributed by atoms with E-state index in [4.69, 9.17) is 9.47 Å². The zero-order valence-electron chi connectivity index (χ0n) is 12.0. The lowest BCUT2D eigenvalue weighted by molar-refractivity contribution is -0.299. The van der Waals surface area contributed by atoms with Gasteiger partial charge in [-0.25, -0.2) is 0 Å². The second-order valence-electron chi connectivity index (χ2n) is 5.66. The maximum absolute atomic E-state index is 6.02. The van der Waals surface area contributed by atoms with Gasteiger partial charge in [-0.05, 0) is 38.7 Å². The van der Waals surface area contributed by atoms with Crippen LogP contribution in [0.4, 0.5) is 0 Å². The van der Waals surface area contributed by atoms with Crippen LogP contribution in [0.3, 0.4) is 0 Å². The molecule has 104 valence electrons. The number of benzene rings is 1. The number of aryl methyl sites for hydroxylation is 1. The fourth-order valence-corrected chi connectivity index (χ4v) is 2.70. The summed E-state index contributed by atoms with van der Waals surface area (Å²) in [7, 11) is 0. The van der Waals surface area contributed by atoms with E-state index in [1.165, 1.54) is 5.56 Å². The Labute approximate surface area is 116 Å². The minimum atomic E-state index is -0.479. The maximum Gasteiger partial charge on any atom is 0.163 e. The Kier molecular flexibility index (Phi) is 4.78. The van der Waals surface area contributed by atoms with Gasteiger partial charge in [-0.1, -0.05) is 36.4 Å². The van der Waals surface area contributed by atoms with Crippen molar-refractivity contribution in [1.82, 2.24) is 0 Å². The molecule has 0 unspecified atom stereocenters. The standard InChI is InChI=1S/C17H24O2/c1-4-8-15-13-16(19-17(2,3)18-15)12-11-14-9-6-5-7-10-14/h4-7,9-10,15-16H,1,8,11-13H2,2-3H3/t15-,16+/m0/s1. The third-order valence-corrected chi connectivity index (χ3v) is 3.45. The second kappa shape index (κ2) is 6.36. The zero-order chi connectivity index (χ0) is 13.7. The molecule has 1 heterocycles. The molecule has 0 bridgehead atoms. The van der Waals surface area contributed by atoms with Crippen LogP contribution in [0.15, 0.2) is 43.0 Å². The van der Waals surface area contributed by atoms with Gasteiger partial charge in [0.05, 0.1) is 12.2 Å².